The molecule has 3 aromatic rings. The average molecular weight is 462 g/mol. The number of benzene rings is 1. The molecule has 0 spiro atoms. The SMILES string of the molecule is NC(=O)C[C@@H](c1ccccc1)c1oc(CN2C[C@H]3C[C@@H](C2)c2cccc(=O)n2C3)cc(=O)c1O. The number of amides is 1. The molecule has 2 aliphatic heterocycles. The molecule has 1 amide bonds. The van der Waals surface area contributed by atoms with Crippen LogP contribution in [0.1, 0.15) is 47.5 Å². The van der Waals surface area contributed by atoms with Gasteiger partial charge in [-0.2, -0.15) is 0 Å². The fourth-order valence-electron chi connectivity index (χ4n) is 5.46. The maximum absolute atomic E-state index is 12.6. The van der Waals surface area contributed by atoms with Crippen molar-refractivity contribution in [1.82, 2.24) is 9.47 Å². The minimum atomic E-state index is -0.661. The Hall–Kier alpha value is -3.65. The zero-order valence-electron chi connectivity index (χ0n) is 18.7. The number of rotatable bonds is 6. The summed E-state index contributed by atoms with van der Waals surface area (Å²) in [4.78, 5) is 38.9. The maximum Gasteiger partial charge on any atom is 0.250 e. The first-order chi connectivity index (χ1) is 16.4. The number of fused-ring (bicyclic) bond motifs is 4. The van der Waals surface area contributed by atoms with Crippen LogP contribution in [0.15, 0.2) is 68.6 Å². The molecule has 0 saturated carbocycles. The fourth-order valence-corrected chi connectivity index (χ4v) is 5.46. The van der Waals surface area contributed by atoms with Gasteiger partial charge in [0.1, 0.15) is 5.76 Å². The molecular formula is C26H27N3O5. The van der Waals surface area contributed by atoms with Gasteiger partial charge in [-0.05, 0) is 24.0 Å². The molecule has 1 aromatic carbocycles. The normalized spacial score (nSPS) is 20.5. The number of aromatic hydroxyl groups is 1. The number of nitrogens with zero attached hydrogens (tertiary/aromatic N) is 2. The molecule has 2 aliphatic rings. The van der Waals surface area contributed by atoms with Crippen LogP contribution in [0.2, 0.25) is 0 Å². The number of piperidine rings is 1. The Kier molecular flexibility index (Phi) is 5.83. The Morgan fingerprint density at radius 1 is 1.09 bits per heavy atom. The number of likely N-dealkylation sites (tertiary alicyclic amines) is 1. The second-order valence-electron chi connectivity index (χ2n) is 9.32. The van der Waals surface area contributed by atoms with E-state index in [0.717, 1.165) is 30.8 Å². The van der Waals surface area contributed by atoms with E-state index in [-0.39, 0.29) is 23.7 Å². The third kappa shape index (κ3) is 4.28. The van der Waals surface area contributed by atoms with E-state index < -0.39 is 23.0 Å². The minimum absolute atomic E-state index is 0.0382. The third-order valence-corrected chi connectivity index (χ3v) is 6.86. The standard InChI is InChI=1S/C26H27N3O5/c27-23(31)11-20(17-5-2-1-3-6-17)26-25(33)22(30)10-19(34-26)15-28-12-16-9-18(14-28)21-7-4-8-24(32)29(21)13-16/h1-8,10,16,18,20,33H,9,11-15H2,(H2,27,31)/t16-,18+,20+/m1/s1. The smallest absolute Gasteiger partial charge is 0.250 e. The summed E-state index contributed by atoms with van der Waals surface area (Å²) >= 11 is 0. The number of primary amides is 1. The van der Waals surface area contributed by atoms with Crippen molar-refractivity contribution in [2.24, 2.45) is 11.7 Å². The Morgan fingerprint density at radius 2 is 1.88 bits per heavy atom. The van der Waals surface area contributed by atoms with Crippen LogP contribution in [0.4, 0.5) is 0 Å². The van der Waals surface area contributed by atoms with Crippen molar-refractivity contribution in [2.75, 3.05) is 13.1 Å². The Balaban J connectivity index is 1.44. The number of pyridine rings is 1. The Morgan fingerprint density at radius 3 is 2.65 bits per heavy atom. The van der Waals surface area contributed by atoms with Gasteiger partial charge in [-0.15, -0.1) is 0 Å². The maximum atomic E-state index is 12.6. The predicted molar refractivity (Wildman–Crippen MR) is 126 cm³/mol. The number of aromatic nitrogens is 1. The lowest BCUT2D eigenvalue weighted by molar-refractivity contribution is -0.118. The molecular weight excluding hydrogens is 434 g/mol. The molecule has 3 atom stereocenters. The van der Waals surface area contributed by atoms with Crippen LogP contribution in [0.3, 0.4) is 0 Å². The number of carbonyl (C=O) groups excluding carboxylic acids is 1. The van der Waals surface area contributed by atoms with Gasteiger partial charge in [0.15, 0.2) is 5.76 Å². The number of carbonyl (C=O) groups is 1. The van der Waals surface area contributed by atoms with Crippen molar-refractivity contribution in [1.29, 1.82) is 0 Å². The van der Waals surface area contributed by atoms with Crippen molar-refractivity contribution >= 4 is 5.91 Å². The van der Waals surface area contributed by atoms with Crippen molar-refractivity contribution in [2.45, 2.75) is 37.8 Å². The molecule has 8 heteroatoms. The molecule has 0 radical (unpaired) electrons. The molecule has 8 nitrogen and oxygen atoms in total. The molecule has 3 N–H and O–H groups in total. The predicted octanol–water partition coefficient (Wildman–Crippen LogP) is 2.13. The van der Waals surface area contributed by atoms with E-state index in [9.17, 15) is 19.5 Å². The highest BCUT2D eigenvalue weighted by molar-refractivity contribution is 5.75. The van der Waals surface area contributed by atoms with E-state index in [1.807, 2.05) is 41.0 Å². The van der Waals surface area contributed by atoms with Crippen LogP contribution in [0.5, 0.6) is 5.75 Å². The largest absolute Gasteiger partial charge is 0.502 e. The van der Waals surface area contributed by atoms with Gasteiger partial charge in [-0.25, -0.2) is 0 Å². The summed E-state index contributed by atoms with van der Waals surface area (Å²) in [6.45, 7) is 2.59. The molecule has 0 unspecified atom stereocenters. The summed E-state index contributed by atoms with van der Waals surface area (Å²) in [5.74, 6) is -0.666. The van der Waals surface area contributed by atoms with Gasteiger partial charge in [0.05, 0.1) is 12.5 Å². The fraction of sp³-hybridized carbons (Fsp3) is 0.346. The van der Waals surface area contributed by atoms with E-state index in [0.29, 0.717) is 24.8 Å². The monoisotopic (exact) mass is 461 g/mol. The number of hydrogen-bond donors (Lipinski definition) is 2. The van der Waals surface area contributed by atoms with E-state index in [2.05, 4.69) is 4.90 Å². The van der Waals surface area contributed by atoms with Gasteiger partial charge < -0.3 is 19.8 Å². The van der Waals surface area contributed by atoms with E-state index in [4.69, 9.17) is 10.2 Å². The summed E-state index contributed by atoms with van der Waals surface area (Å²) in [7, 11) is 0. The molecule has 5 rings (SSSR count). The molecule has 1 saturated heterocycles. The second-order valence-corrected chi connectivity index (χ2v) is 9.32. The molecule has 1 fully saturated rings. The van der Waals surface area contributed by atoms with E-state index >= 15 is 0 Å². The average Bonchev–Trinajstić information content (AvgIpc) is 2.81. The summed E-state index contributed by atoms with van der Waals surface area (Å²) in [5, 5.41) is 10.5. The zero-order valence-corrected chi connectivity index (χ0v) is 18.7. The van der Waals surface area contributed by atoms with Crippen LogP contribution in [-0.2, 0) is 17.9 Å². The summed E-state index contributed by atoms with van der Waals surface area (Å²) in [6, 6.07) is 15.8. The van der Waals surface area contributed by atoms with Crippen molar-refractivity contribution in [3.63, 3.8) is 0 Å². The van der Waals surface area contributed by atoms with Crippen molar-refractivity contribution in [3.8, 4) is 5.75 Å². The molecule has 34 heavy (non-hydrogen) atoms. The highest BCUT2D eigenvalue weighted by Crippen LogP contribution is 2.36. The van der Waals surface area contributed by atoms with Gasteiger partial charge >= 0.3 is 0 Å². The topological polar surface area (TPSA) is 119 Å². The first-order valence-corrected chi connectivity index (χ1v) is 11.5. The first kappa shape index (κ1) is 22.2. The molecule has 2 bridgehead atoms. The molecule has 0 aliphatic carbocycles. The van der Waals surface area contributed by atoms with E-state index in [1.54, 1.807) is 12.1 Å². The number of hydrogen-bond acceptors (Lipinski definition) is 6. The Labute approximate surface area is 196 Å². The van der Waals surface area contributed by atoms with Crippen LogP contribution in [-0.4, -0.2) is 33.6 Å². The lowest BCUT2D eigenvalue weighted by atomic mass is 9.83. The summed E-state index contributed by atoms with van der Waals surface area (Å²) < 4.78 is 7.94. The van der Waals surface area contributed by atoms with Crippen LogP contribution >= 0.6 is 0 Å². The summed E-state index contributed by atoms with van der Waals surface area (Å²) in [6.07, 6.45) is 0.933. The summed E-state index contributed by atoms with van der Waals surface area (Å²) in [5.41, 5.74) is 6.74. The van der Waals surface area contributed by atoms with Crippen LogP contribution < -0.4 is 16.7 Å². The van der Waals surface area contributed by atoms with Crippen molar-refractivity contribution in [3.05, 3.63) is 98.0 Å². The van der Waals surface area contributed by atoms with Crippen molar-refractivity contribution < 1.29 is 14.3 Å². The lowest BCUT2D eigenvalue weighted by Gasteiger charge is -2.42. The minimum Gasteiger partial charge on any atom is -0.502 e. The highest BCUT2D eigenvalue weighted by Gasteiger charge is 2.35. The third-order valence-electron chi connectivity index (χ3n) is 6.86. The first-order valence-electron chi connectivity index (χ1n) is 11.5. The van der Waals surface area contributed by atoms with Gasteiger partial charge in [-0.1, -0.05) is 36.4 Å². The second kappa shape index (κ2) is 8.95. The van der Waals surface area contributed by atoms with Crippen LogP contribution in [0.25, 0.3) is 0 Å². The Bertz CT molecular complexity index is 1330. The quantitative estimate of drug-likeness (QED) is 0.581. The van der Waals surface area contributed by atoms with Gasteiger partial charge in [0.25, 0.3) is 5.56 Å². The molecule has 176 valence electrons. The highest BCUT2D eigenvalue weighted by atomic mass is 16.4. The lowest BCUT2D eigenvalue weighted by Crippen LogP contribution is -2.46. The molecule has 2 aromatic heterocycles. The number of nitrogens with two attached hydrogens (primary N) is 1. The zero-order chi connectivity index (χ0) is 23.8. The van der Waals surface area contributed by atoms with Gasteiger partial charge in [0, 0.05) is 49.8 Å². The van der Waals surface area contributed by atoms with Gasteiger partial charge in [0.2, 0.25) is 17.1 Å². The van der Waals surface area contributed by atoms with E-state index in [1.165, 1.54) is 6.07 Å². The van der Waals surface area contributed by atoms with Crippen LogP contribution in [0, 0.1) is 5.92 Å². The van der Waals surface area contributed by atoms with Gasteiger partial charge in [-0.3, -0.25) is 19.3 Å². The molecule has 4 heterocycles.